The summed E-state index contributed by atoms with van der Waals surface area (Å²) >= 11 is 0. The molecule has 0 fully saturated rings. The van der Waals surface area contributed by atoms with Crippen molar-refractivity contribution in [2.75, 3.05) is 20.3 Å². The first kappa shape index (κ1) is 12.0. The SMILES string of the molecule is CCN[C@H](CO)Cc1ccc(OC)cc1. The van der Waals surface area contributed by atoms with Crippen molar-refractivity contribution in [1.29, 1.82) is 0 Å². The molecule has 3 heteroatoms. The molecule has 1 atom stereocenters. The summed E-state index contributed by atoms with van der Waals surface area (Å²) in [6.07, 6.45) is 0.842. The monoisotopic (exact) mass is 209 g/mol. The van der Waals surface area contributed by atoms with Gasteiger partial charge in [0, 0.05) is 6.04 Å². The summed E-state index contributed by atoms with van der Waals surface area (Å²) in [6.45, 7) is 3.08. The third-order valence-corrected chi connectivity index (χ3v) is 2.35. The van der Waals surface area contributed by atoms with Crippen LogP contribution in [0.3, 0.4) is 0 Å². The lowest BCUT2D eigenvalue weighted by molar-refractivity contribution is 0.243. The zero-order valence-electron chi connectivity index (χ0n) is 9.36. The van der Waals surface area contributed by atoms with Crippen molar-refractivity contribution < 1.29 is 9.84 Å². The highest BCUT2D eigenvalue weighted by atomic mass is 16.5. The fourth-order valence-corrected chi connectivity index (χ4v) is 1.54. The number of rotatable bonds is 6. The van der Waals surface area contributed by atoms with E-state index in [1.807, 2.05) is 31.2 Å². The third-order valence-electron chi connectivity index (χ3n) is 2.35. The Kier molecular flexibility index (Phi) is 5.15. The van der Waals surface area contributed by atoms with Crippen LogP contribution < -0.4 is 10.1 Å². The van der Waals surface area contributed by atoms with Crippen LogP contribution in [0.15, 0.2) is 24.3 Å². The van der Waals surface area contributed by atoms with Crippen LogP contribution in [-0.4, -0.2) is 31.4 Å². The Morgan fingerprint density at radius 2 is 2.00 bits per heavy atom. The molecule has 0 saturated carbocycles. The number of aliphatic hydroxyl groups is 1. The van der Waals surface area contributed by atoms with Gasteiger partial charge in [0.25, 0.3) is 0 Å². The van der Waals surface area contributed by atoms with Crippen molar-refractivity contribution in [3.8, 4) is 5.75 Å². The van der Waals surface area contributed by atoms with E-state index in [1.54, 1.807) is 7.11 Å². The van der Waals surface area contributed by atoms with E-state index in [2.05, 4.69) is 5.32 Å². The van der Waals surface area contributed by atoms with Gasteiger partial charge in [0.15, 0.2) is 0 Å². The van der Waals surface area contributed by atoms with E-state index in [-0.39, 0.29) is 12.6 Å². The van der Waals surface area contributed by atoms with Gasteiger partial charge in [-0.15, -0.1) is 0 Å². The highest BCUT2D eigenvalue weighted by molar-refractivity contribution is 5.27. The average Bonchev–Trinajstić information content (AvgIpc) is 2.29. The third kappa shape index (κ3) is 3.90. The number of benzene rings is 1. The Bertz CT molecular complexity index is 271. The molecule has 2 N–H and O–H groups in total. The van der Waals surface area contributed by atoms with Gasteiger partial charge in [0.1, 0.15) is 5.75 Å². The predicted molar refractivity (Wildman–Crippen MR) is 61.2 cm³/mol. The largest absolute Gasteiger partial charge is 0.497 e. The first-order valence-corrected chi connectivity index (χ1v) is 5.27. The van der Waals surface area contributed by atoms with Crippen molar-refractivity contribution in [2.45, 2.75) is 19.4 Å². The van der Waals surface area contributed by atoms with Gasteiger partial charge in [-0.05, 0) is 30.7 Å². The first-order chi connectivity index (χ1) is 7.30. The number of nitrogens with one attached hydrogen (secondary N) is 1. The van der Waals surface area contributed by atoms with Gasteiger partial charge >= 0.3 is 0 Å². The maximum Gasteiger partial charge on any atom is 0.118 e. The van der Waals surface area contributed by atoms with Crippen LogP contribution in [-0.2, 0) is 6.42 Å². The molecule has 0 aliphatic heterocycles. The van der Waals surface area contributed by atoms with Gasteiger partial charge < -0.3 is 15.2 Å². The highest BCUT2D eigenvalue weighted by Gasteiger charge is 2.06. The van der Waals surface area contributed by atoms with E-state index < -0.39 is 0 Å². The maximum atomic E-state index is 9.13. The molecule has 0 aromatic heterocycles. The van der Waals surface area contributed by atoms with Crippen LogP contribution >= 0.6 is 0 Å². The minimum Gasteiger partial charge on any atom is -0.497 e. The van der Waals surface area contributed by atoms with E-state index in [4.69, 9.17) is 9.84 Å². The van der Waals surface area contributed by atoms with Gasteiger partial charge in [-0.2, -0.15) is 0 Å². The number of hydrogen-bond donors (Lipinski definition) is 2. The van der Waals surface area contributed by atoms with Gasteiger partial charge in [-0.25, -0.2) is 0 Å². The predicted octanol–water partition coefficient (Wildman–Crippen LogP) is 1.21. The molecule has 0 aliphatic carbocycles. The average molecular weight is 209 g/mol. The van der Waals surface area contributed by atoms with E-state index >= 15 is 0 Å². The molecular weight excluding hydrogens is 190 g/mol. The second kappa shape index (κ2) is 6.43. The first-order valence-electron chi connectivity index (χ1n) is 5.27. The molecule has 1 aromatic carbocycles. The summed E-state index contributed by atoms with van der Waals surface area (Å²) in [6, 6.07) is 8.08. The lowest BCUT2D eigenvalue weighted by Gasteiger charge is -2.14. The molecule has 1 aromatic rings. The summed E-state index contributed by atoms with van der Waals surface area (Å²) in [5.41, 5.74) is 1.20. The second-order valence-electron chi connectivity index (χ2n) is 3.49. The molecule has 1 rings (SSSR count). The molecular formula is C12H19NO2. The molecule has 3 nitrogen and oxygen atoms in total. The van der Waals surface area contributed by atoms with Gasteiger partial charge in [-0.1, -0.05) is 19.1 Å². The normalized spacial score (nSPS) is 12.5. The quantitative estimate of drug-likeness (QED) is 0.740. The summed E-state index contributed by atoms with van der Waals surface area (Å²) in [5.74, 6) is 0.864. The van der Waals surface area contributed by atoms with E-state index in [9.17, 15) is 0 Å². The molecule has 0 amide bonds. The Morgan fingerprint density at radius 1 is 1.33 bits per heavy atom. The molecule has 0 aliphatic rings. The van der Waals surface area contributed by atoms with Crippen molar-refractivity contribution in [2.24, 2.45) is 0 Å². The van der Waals surface area contributed by atoms with Crippen LogP contribution in [0, 0.1) is 0 Å². The standard InChI is InChI=1S/C12H19NO2/c1-3-13-11(9-14)8-10-4-6-12(15-2)7-5-10/h4-7,11,13-14H,3,8-9H2,1-2H3/t11-/m0/s1. The molecule has 0 radical (unpaired) electrons. The molecule has 0 saturated heterocycles. The minimum absolute atomic E-state index is 0.142. The minimum atomic E-state index is 0.142. The Hall–Kier alpha value is -1.06. The Morgan fingerprint density at radius 3 is 2.47 bits per heavy atom. The van der Waals surface area contributed by atoms with Crippen molar-refractivity contribution in [3.63, 3.8) is 0 Å². The van der Waals surface area contributed by atoms with Crippen LogP contribution in [0.25, 0.3) is 0 Å². The lowest BCUT2D eigenvalue weighted by atomic mass is 10.1. The fraction of sp³-hybridized carbons (Fsp3) is 0.500. The number of ether oxygens (including phenoxy) is 1. The van der Waals surface area contributed by atoms with E-state index in [0.717, 1.165) is 18.7 Å². The van der Waals surface area contributed by atoms with Crippen LogP contribution in [0.1, 0.15) is 12.5 Å². The van der Waals surface area contributed by atoms with Crippen LogP contribution in [0.4, 0.5) is 0 Å². The molecule has 0 bridgehead atoms. The maximum absolute atomic E-state index is 9.13. The van der Waals surface area contributed by atoms with E-state index in [1.165, 1.54) is 5.56 Å². The van der Waals surface area contributed by atoms with Gasteiger partial charge in [0.05, 0.1) is 13.7 Å². The smallest absolute Gasteiger partial charge is 0.118 e. The number of likely N-dealkylation sites (N-methyl/N-ethyl adjacent to an activating group) is 1. The van der Waals surface area contributed by atoms with Crippen molar-refractivity contribution in [1.82, 2.24) is 5.32 Å². The number of aliphatic hydroxyl groups excluding tert-OH is 1. The highest BCUT2D eigenvalue weighted by Crippen LogP contribution is 2.12. The lowest BCUT2D eigenvalue weighted by Crippen LogP contribution is -2.34. The topological polar surface area (TPSA) is 41.5 Å². The molecule has 0 spiro atoms. The zero-order chi connectivity index (χ0) is 11.1. The second-order valence-corrected chi connectivity index (χ2v) is 3.49. The van der Waals surface area contributed by atoms with Crippen molar-refractivity contribution in [3.05, 3.63) is 29.8 Å². The van der Waals surface area contributed by atoms with Crippen LogP contribution in [0.2, 0.25) is 0 Å². The van der Waals surface area contributed by atoms with Gasteiger partial charge in [-0.3, -0.25) is 0 Å². The van der Waals surface area contributed by atoms with E-state index in [0.29, 0.717) is 0 Å². The summed E-state index contributed by atoms with van der Waals surface area (Å²) in [7, 11) is 1.66. The molecule has 0 heterocycles. The summed E-state index contributed by atoms with van der Waals surface area (Å²) in [5, 5.41) is 12.4. The van der Waals surface area contributed by atoms with Crippen LogP contribution in [0.5, 0.6) is 5.75 Å². The zero-order valence-corrected chi connectivity index (χ0v) is 9.36. The number of methoxy groups -OCH3 is 1. The Balaban J connectivity index is 2.55. The summed E-state index contributed by atoms with van der Waals surface area (Å²) in [4.78, 5) is 0. The summed E-state index contributed by atoms with van der Waals surface area (Å²) < 4.78 is 5.08. The molecule has 0 unspecified atom stereocenters. The fourth-order valence-electron chi connectivity index (χ4n) is 1.54. The number of hydrogen-bond acceptors (Lipinski definition) is 3. The van der Waals surface area contributed by atoms with Gasteiger partial charge in [0.2, 0.25) is 0 Å². The van der Waals surface area contributed by atoms with Crippen molar-refractivity contribution >= 4 is 0 Å². The molecule has 15 heavy (non-hydrogen) atoms. The Labute approximate surface area is 91.1 Å². The molecule has 84 valence electrons.